The topological polar surface area (TPSA) is 112 Å². The van der Waals surface area contributed by atoms with Gasteiger partial charge < -0.3 is 14.8 Å². The molecule has 174 valence electrons. The van der Waals surface area contributed by atoms with Gasteiger partial charge in [0.1, 0.15) is 11.6 Å². The number of aromatic carboxylic acids is 1. The van der Waals surface area contributed by atoms with Crippen LogP contribution in [0.2, 0.25) is 0 Å². The molecule has 0 spiro atoms. The number of nitrogens with two attached hydrogens (primary N) is 1. The van der Waals surface area contributed by atoms with Gasteiger partial charge in [-0.05, 0) is 58.3 Å². The van der Waals surface area contributed by atoms with E-state index in [9.17, 15) is 9.18 Å². The Morgan fingerprint density at radius 2 is 1.82 bits per heavy atom. The lowest BCUT2D eigenvalue weighted by Crippen LogP contribution is -2.02. The first-order valence-corrected chi connectivity index (χ1v) is 11.3. The second-order valence-electron chi connectivity index (χ2n) is 6.99. The van der Waals surface area contributed by atoms with Gasteiger partial charge in [0.2, 0.25) is 0 Å². The molecule has 6 nitrogen and oxygen atoms in total. The van der Waals surface area contributed by atoms with Crippen molar-refractivity contribution in [2.24, 2.45) is 5.14 Å². The standard InChI is InChI=1S/C25H19FN2O3S.H3NS/c1-31-23-14-20(25(29)30)21(26)13-19(23)9-11-32-24(27)16-4-2-15(3-5-16)17-6-7-22-18(12-17)8-10-28-22;1-2/h2-14,27-28H,1H3,(H,29,30);2H,1H2/b11-9+,27-24?;. The number of methoxy groups -OCH3 is 1. The summed E-state index contributed by atoms with van der Waals surface area (Å²) >= 11 is 4.20. The molecule has 9 heteroatoms. The summed E-state index contributed by atoms with van der Waals surface area (Å²) in [6, 6.07) is 18.2. The van der Waals surface area contributed by atoms with Crippen molar-refractivity contribution in [3.8, 4) is 16.9 Å². The molecule has 0 aliphatic rings. The molecule has 4 rings (SSSR count). The lowest BCUT2D eigenvalue weighted by molar-refractivity contribution is 0.0691. The van der Waals surface area contributed by atoms with Crippen LogP contribution in [0.4, 0.5) is 4.39 Å². The summed E-state index contributed by atoms with van der Waals surface area (Å²) in [7, 11) is 1.39. The maximum atomic E-state index is 14.0. The van der Waals surface area contributed by atoms with Crippen LogP contribution in [0, 0.1) is 11.2 Å². The average molecular weight is 496 g/mol. The van der Waals surface area contributed by atoms with Crippen LogP contribution in [0.5, 0.6) is 5.75 Å². The fourth-order valence-corrected chi connectivity index (χ4v) is 3.95. The lowest BCUT2D eigenvalue weighted by atomic mass is 10.0. The predicted octanol–water partition coefficient (Wildman–Crippen LogP) is 6.20. The fraction of sp³-hybridized carbons (Fsp3) is 0.0400. The molecule has 34 heavy (non-hydrogen) atoms. The van der Waals surface area contributed by atoms with Crippen molar-refractivity contribution in [2.45, 2.75) is 0 Å². The van der Waals surface area contributed by atoms with E-state index in [2.05, 4.69) is 35.1 Å². The number of fused-ring (bicyclic) bond motifs is 1. The first kappa shape index (κ1) is 25.1. The van der Waals surface area contributed by atoms with Gasteiger partial charge in [-0.15, -0.1) is 12.8 Å². The molecule has 0 bridgehead atoms. The van der Waals surface area contributed by atoms with Gasteiger partial charge in [0, 0.05) is 22.8 Å². The minimum Gasteiger partial charge on any atom is -0.496 e. The molecule has 0 unspecified atom stereocenters. The Labute approximate surface area is 205 Å². The molecule has 0 saturated heterocycles. The van der Waals surface area contributed by atoms with E-state index in [4.69, 9.17) is 15.3 Å². The summed E-state index contributed by atoms with van der Waals surface area (Å²) in [5, 5.41) is 24.7. The number of carboxylic acid groups (broad SMARTS) is 1. The Balaban J connectivity index is 0.00000158. The lowest BCUT2D eigenvalue weighted by Gasteiger charge is -2.07. The van der Waals surface area contributed by atoms with E-state index in [0.717, 1.165) is 39.7 Å². The Kier molecular flexibility index (Phi) is 8.53. The number of halogens is 1. The molecule has 0 radical (unpaired) electrons. The van der Waals surface area contributed by atoms with Crippen LogP contribution in [0.3, 0.4) is 0 Å². The summed E-state index contributed by atoms with van der Waals surface area (Å²) in [5.74, 6) is -1.95. The highest BCUT2D eigenvalue weighted by Crippen LogP contribution is 2.27. The Morgan fingerprint density at radius 1 is 1.12 bits per heavy atom. The number of hydrogen-bond donors (Lipinski definition) is 5. The van der Waals surface area contributed by atoms with Crippen LogP contribution >= 0.6 is 24.6 Å². The third kappa shape index (κ3) is 5.69. The smallest absolute Gasteiger partial charge is 0.338 e. The Bertz CT molecular complexity index is 1350. The first-order chi connectivity index (χ1) is 16.5. The van der Waals surface area contributed by atoms with Gasteiger partial charge in [0.25, 0.3) is 0 Å². The van der Waals surface area contributed by atoms with Crippen molar-refractivity contribution < 1.29 is 19.0 Å². The monoisotopic (exact) mass is 495 g/mol. The summed E-state index contributed by atoms with van der Waals surface area (Å²) in [6.45, 7) is 0. The van der Waals surface area contributed by atoms with Gasteiger partial charge in [-0.1, -0.05) is 42.1 Å². The van der Waals surface area contributed by atoms with E-state index in [0.29, 0.717) is 10.6 Å². The minimum atomic E-state index is -1.36. The van der Waals surface area contributed by atoms with Gasteiger partial charge >= 0.3 is 5.97 Å². The molecule has 0 aliphatic carbocycles. The van der Waals surface area contributed by atoms with E-state index >= 15 is 0 Å². The number of hydrogen-bond acceptors (Lipinski definition) is 6. The van der Waals surface area contributed by atoms with Crippen molar-refractivity contribution in [3.05, 3.63) is 94.8 Å². The SMILES string of the molecule is COc1cc(C(=O)O)c(F)cc1/C=C/SC(=N)c1ccc(-c2ccc3[nH]ccc3c2)cc1.NS. The fourth-order valence-electron chi connectivity index (χ4n) is 3.33. The van der Waals surface area contributed by atoms with E-state index in [1.54, 1.807) is 11.5 Å². The van der Waals surface area contributed by atoms with Gasteiger partial charge in [-0.2, -0.15) is 0 Å². The number of thiol groups is 1. The van der Waals surface area contributed by atoms with Crippen LogP contribution < -0.4 is 9.88 Å². The minimum absolute atomic E-state index is 0.246. The highest BCUT2D eigenvalue weighted by molar-refractivity contribution is 8.16. The molecule has 1 heterocycles. The van der Waals surface area contributed by atoms with Gasteiger partial charge in [0.05, 0.1) is 17.7 Å². The number of H-pyrrole nitrogens is 1. The van der Waals surface area contributed by atoms with E-state index in [-0.39, 0.29) is 5.75 Å². The Morgan fingerprint density at radius 3 is 2.50 bits per heavy atom. The van der Waals surface area contributed by atoms with Crippen molar-refractivity contribution in [1.29, 1.82) is 5.41 Å². The molecule has 3 aromatic carbocycles. The Hall–Kier alpha value is -3.53. The zero-order valence-electron chi connectivity index (χ0n) is 18.1. The molecular formula is C25H22FN3O3S2. The number of rotatable bonds is 6. The number of ether oxygens (including phenoxy) is 1. The zero-order chi connectivity index (χ0) is 24.7. The molecule has 4 aromatic rings. The predicted molar refractivity (Wildman–Crippen MR) is 140 cm³/mol. The van der Waals surface area contributed by atoms with Crippen molar-refractivity contribution in [3.63, 3.8) is 0 Å². The molecular weight excluding hydrogens is 473 g/mol. The van der Waals surface area contributed by atoms with Gasteiger partial charge in [-0.25, -0.2) is 9.18 Å². The highest BCUT2D eigenvalue weighted by Gasteiger charge is 2.14. The number of thioether (sulfide) groups is 1. The average Bonchev–Trinajstić information content (AvgIpc) is 3.33. The first-order valence-electron chi connectivity index (χ1n) is 9.92. The van der Waals surface area contributed by atoms with Crippen LogP contribution in [-0.4, -0.2) is 28.2 Å². The van der Waals surface area contributed by atoms with Gasteiger partial charge in [0.15, 0.2) is 0 Å². The largest absolute Gasteiger partial charge is 0.496 e. The number of carboxylic acids is 1. The molecule has 0 amide bonds. The number of nitrogens with one attached hydrogen (secondary N) is 2. The number of aromatic nitrogens is 1. The normalized spacial score (nSPS) is 10.7. The zero-order valence-corrected chi connectivity index (χ0v) is 19.8. The number of aromatic amines is 1. The molecule has 0 atom stereocenters. The number of benzene rings is 3. The van der Waals surface area contributed by atoms with E-state index in [1.807, 2.05) is 42.6 Å². The molecule has 0 fully saturated rings. The van der Waals surface area contributed by atoms with E-state index in [1.165, 1.54) is 18.9 Å². The third-order valence-corrected chi connectivity index (χ3v) is 5.76. The molecule has 5 N–H and O–H groups in total. The second kappa shape index (κ2) is 11.6. The maximum Gasteiger partial charge on any atom is 0.338 e. The molecule has 0 saturated carbocycles. The molecule has 1 aromatic heterocycles. The third-order valence-electron chi connectivity index (χ3n) is 5.02. The van der Waals surface area contributed by atoms with Crippen LogP contribution in [0.15, 0.2) is 72.3 Å². The summed E-state index contributed by atoms with van der Waals surface area (Å²) in [6.07, 6.45) is 3.50. The van der Waals surface area contributed by atoms with Crippen molar-refractivity contribution in [1.82, 2.24) is 4.98 Å². The summed E-state index contributed by atoms with van der Waals surface area (Å²) in [5.41, 5.74) is 3.95. The van der Waals surface area contributed by atoms with Crippen molar-refractivity contribution in [2.75, 3.05) is 7.11 Å². The quantitative estimate of drug-likeness (QED) is 0.124. The van der Waals surface area contributed by atoms with Crippen LogP contribution in [0.1, 0.15) is 21.5 Å². The van der Waals surface area contributed by atoms with Crippen molar-refractivity contribution >= 4 is 52.6 Å². The van der Waals surface area contributed by atoms with Crippen LogP contribution in [-0.2, 0) is 0 Å². The summed E-state index contributed by atoms with van der Waals surface area (Å²) < 4.78 is 19.2. The van der Waals surface area contributed by atoms with E-state index < -0.39 is 17.3 Å². The number of carbonyl (C=O) groups is 1. The van der Waals surface area contributed by atoms with Gasteiger partial charge in [-0.3, -0.25) is 10.5 Å². The second-order valence-corrected chi connectivity index (χ2v) is 7.90. The molecule has 0 aliphatic heterocycles. The highest BCUT2D eigenvalue weighted by atomic mass is 32.2. The maximum absolute atomic E-state index is 14.0. The summed E-state index contributed by atoms with van der Waals surface area (Å²) in [4.78, 5) is 14.3. The van der Waals surface area contributed by atoms with Crippen LogP contribution in [0.25, 0.3) is 28.1 Å².